The van der Waals surface area contributed by atoms with Crippen molar-refractivity contribution in [1.29, 1.82) is 0 Å². The highest BCUT2D eigenvalue weighted by molar-refractivity contribution is 7.80. The zero-order valence-electron chi connectivity index (χ0n) is 11.9. The van der Waals surface area contributed by atoms with Crippen LogP contribution in [0.25, 0.3) is 0 Å². The third kappa shape index (κ3) is 3.63. The van der Waals surface area contributed by atoms with Crippen molar-refractivity contribution in [3.8, 4) is 0 Å². The normalized spacial score (nSPS) is 16.1. The van der Waals surface area contributed by atoms with Crippen LogP contribution in [-0.2, 0) is 0 Å². The lowest BCUT2D eigenvalue weighted by Crippen LogP contribution is -2.31. The van der Waals surface area contributed by atoms with Crippen LogP contribution in [0.2, 0.25) is 0 Å². The lowest BCUT2D eigenvalue weighted by molar-refractivity contribution is 0.567. The smallest absolute Gasteiger partial charge is 0.225 e. The van der Waals surface area contributed by atoms with E-state index in [2.05, 4.69) is 25.4 Å². The second-order valence-electron chi connectivity index (χ2n) is 4.89. The fourth-order valence-corrected chi connectivity index (χ4v) is 2.30. The average molecular weight is 292 g/mol. The number of aromatic nitrogens is 2. The zero-order chi connectivity index (χ0) is 14.5. The Morgan fingerprint density at radius 3 is 2.70 bits per heavy atom. The Balaban J connectivity index is 2.16. The van der Waals surface area contributed by atoms with Gasteiger partial charge in [-0.1, -0.05) is 0 Å². The Kier molecular flexibility index (Phi) is 4.84. The molecule has 0 radical (unpaired) electrons. The SMILES string of the molecule is C/C(=N\NC(N)=S)c1cnc(N2CCCCC2)nc1C. The standard InChI is InChI=1S/C13H20N6S/c1-9-11(10(2)17-18-12(14)20)8-15-13(16-9)19-6-4-3-5-7-19/h8H,3-7H2,1-2H3,(H3,14,18,20)/b17-10+. The summed E-state index contributed by atoms with van der Waals surface area (Å²) in [7, 11) is 0. The molecule has 1 aromatic heterocycles. The van der Waals surface area contributed by atoms with E-state index in [4.69, 9.17) is 18.0 Å². The van der Waals surface area contributed by atoms with Crippen LogP contribution >= 0.6 is 12.2 Å². The van der Waals surface area contributed by atoms with E-state index in [1.54, 1.807) is 0 Å². The molecule has 3 N–H and O–H groups in total. The minimum atomic E-state index is 0.146. The van der Waals surface area contributed by atoms with E-state index in [-0.39, 0.29) is 5.11 Å². The number of rotatable bonds is 3. The summed E-state index contributed by atoms with van der Waals surface area (Å²) in [5, 5.41) is 4.25. The molecule has 0 amide bonds. The van der Waals surface area contributed by atoms with Gasteiger partial charge in [0, 0.05) is 24.8 Å². The third-order valence-corrected chi connectivity index (χ3v) is 3.42. The highest BCUT2D eigenvalue weighted by Crippen LogP contribution is 2.17. The molecule has 0 aliphatic carbocycles. The largest absolute Gasteiger partial charge is 0.375 e. The summed E-state index contributed by atoms with van der Waals surface area (Å²) in [5.74, 6) is 0.807. The quantitative estimate of drug-likeness (QED) is 0.497. The summed E-state index contributed by atoms with van der Waals surface area (Å²) in [4.78, 5) is 11.3. The average Bonchev–Trinajstić information content (AvgIpc) is 2.45. The first-order chi connectivity index (χ1) is 9.58. The van der Waals surface area contributed by atoms with E-state index < -0.39 is 0 Å². The Labute approximate surface area is 124 Å². The summed E-state index contributed by atoms with van der Waals surface area (Å²) in [6, 6.07) is 0. The number of piperidine rings is 1. The first kappa shape index (κ1) is 14.6. The van der Waals surface area contributed by atoms with Crippen LogP contribution < -0.4 is 16.1 Å². The number of hydrazone groups is 1. The molecular formula is C13H20N6S. The molecule has 0 unspecified atom stereocenters. The van der Waals surface area contributed by atoms with Gasteiger partial charge in [-0.05, 0) is 45.3 Å². The van der Waals surface area contributed by atoms with Gasteiger partial charge in [-0.2, -0.15) is 5.10 Å². The maximum Gasteiger partial charge on any atom is 0.225 e. The van der Waals surface area contributed by atoms with E-state index in [9.17, 15) is 0 Å². The van der Waals surface area contributed by atoms with Crippen molar-refractivity contribution in [1.82, 2.24) is 15.4 Å². The second-order valence-corrected chi connectivity index (χ2v) is 5.33. The van der Waals surface area contributed by atoms with Crippen molar-refractivity contribution < 1.29 is 0 Å². The van der Waals surface area contributed by atoms with Gasteiger partial charge in [-0.15, -0.1) is 0 Å². The number of nitrogens with zero attached hydrogens (tertiary/aromatic N) is 4. The minimum absolute atomic E-state index is 0.146. The van der Waals surface area contributed by atoms with Crippen LogP contribution in [-0.4, -0.2) is 33.9 Å². The van der Waals surface area contributed by atoms with E-state index in [0.29, 0.717) is 0 Å². The van der Waals surface area contributed by atoms with Crippen molar-refractivity contribution >= 4 is 29.0 Å². The first-order valence-corrected chi connectivity index (χ1v) is 7.17. The van der Waals surface area contributed by atoms with Gasteiger partial charge in [0.1, 0.15) is 0 Å². The summed E-state index contributed by atoms with van der Waals surface area (Å²) in [5.41, 5.74) is 10.5. The molecule has 1 saturated heterocycles. The van der Waals surface area contributed by atoms with Crippen molar-refractivity contribution in [3.63, 3.8) is 0 Å². The summed E-state index contributed by atoms with van der Waals surface area (Å²) in [6.07, 6.45) is 5.53. The molecule has 108 valence electrons. The molecule has 20 heavy (non-hydrogen) atoms. The first-order valence-electron chi connectivity index (χ1n) is 6.76. The summed E-state index contributed by atoms with van der Waals surface area (Å²) < 4.78 is 0. The molecule has 2 heterocycles. The Morgan fingerprint density at radius 2 is 2.10 bits per heavy atom. The van der Waals surface area contributed by atoms with Crippen LogP contribution in [0.4, 0.5) is 5.95 Å². The zero-order valence-corrected chi connectivity index (χ0v) is 12.7. The minimum Gasteiger partial charge on any atom is -0.375 e. The molecule has 2 rings (SSSR count). The molecule has 6 nitrogen and oxygen atoms in total. The summed E-state index contributed by atoms with van der Waals surface area (Å²) >= 11 is 4.72. The Hall–Kier alpha value is -1.76. The van der Waals surface area contributed by atoms with Gasteiger partial charge < -0.3 is 10.6 Å². The van der Waals surface area contributed by atoms with Gasteiger partial charge in [-0.3, -0.25) is 5.43 Å². The molecule has 1 aliphatic heterocycles. The Bertz CT molecular complexity index is 522. The number of nitrogens with two attached hydrogens (primary N) is 1. The van der Waals surface area contributed by atoms with Crippen LogP contribution in [0, 0.1) is 6.92 Å². The number of hydrogen-bond acceptors (Lipinski definition) is 5. The van der Waals surface area contributed by atoms with Gasteiger partial charge in [0.25, 0.3) is 0 Å². The fourth-order valence-electron chi connectivity index (χ4n) is 2.26. The molecule has 1 aliphatic rings. The van der Waals surface area contributed by atoms with Crippen LogP contribution in [0.5, 0.6) is 0 Å². The van der Waals surface area contributed by atoms with Crippen LogP contribution in [0.1, 0.15) is 37.4 Å². The van der Waals surface area contributed by atoms with Gasteiger partial charge in [0.15, 0.2) is 5.11 Å². The van der Waals surface area contributed by atoms with Gasteiger partial charge in [0.2, 0.25) is 5.95 Å². The number of anilines is 1. The summed E-state index contributed by atoms with van der Waals surface area (Å²) in [6.45, 7) is 5.91. The van der Waals surface area contributed by atoms with Gasteiger partial charge in [-0.25, -0.2) is 9.97 Å². The lowest BCUT2D eigenvalue weighted by Gasteiger charge is -2.26. The topological polar surface area (TPSA) is 79.4 Å². The Morgan fingerprint density at radius 1 is 1.40 bits per heavy atom. The van der Waals surface area contributed by atoms with Crippen molar-refractivity contribution in [2.24, 2.45) is 10.8 Å². The molecule has 0 aromatic carbocycles. The van der Waals surface area contributed by atoms with Crippen molar-refractivity contribution in [2.75, 3.05) is 18.0 Å². The number of hydrogen-bond donors (Lipinski definition) is 2. The van der Waals surface area contributed by atoms with Crippen molar-refractivity contribution in [3.05, 3.63) is 17.5 Å². The van der Waals surface area contributed by atoms with Gasteiger partial charge >= 0.3 is 0 Å². The molecule has 0 spiro atoms. The fraction of sp³-hybridized carbons (Fsp3) is 0.538. The highest BCUT2D eigenvalue weighted by Gasteiger charge is 2.15. The molecule has 1 fully saturated rings. The molecule has 0 bridgehead atoms. The van der Waals surface area contributed by atoms with Crippen LogP contribution in [0.3, 0.4) is 0 Å². The number of aryl methyl sites for hydroxylation is 1. The second kappa shape index (κ2) is 6.60. The number of nitrogens with one attached hydrogen (secondary N) is 1. The highest BCUT2D eigenvalue weighted by atomic mass is 32.1. The molecule has 7 heteroatoms. The number of thiocarbonyl (C=S) groups is 1. The maximum atomic E-state index is 5.35. The monoisotopic (exact) mass is 292 g/mol. The van der Waals surface area contributed by atoms with E-state index in [1.165, 1.54) is 19.3 Å². The van der Waals surface area contributed by atoms with E-state index in [0.717, 1.165) is 36.0 Å². The molecular weight excluding hydrogens is 272 g/mol. The van der Waals surface area contributed by atoms with Crippen molar-refractivity contribution in [2.45, 2.75) is 33.1 Å². The van der Waals surface area contributed by atoms with E-state index >= 15 is 0 Å². The molecule has 1 aromatic rings. The molecule has 0 saturated carbocycles. The predicted molar refractivity (Wildman–Crippen MR) is 85.0 cm³/mol. The van der Waals surface area contributed by atoms with E-state index in [1.807, 2.05) is 20.0 Å². The van der Waals surface area contributed by atoms with Crippen LogP contribution in [0.15, 0.2) is 11.3 Å². The molecule has 0 atom stereocenters. The third-order valence-electron chi connectivity index (χ3n) is 3.33. The maximum absolute atomic E-state index is 5.35. The van der Waals surface area contributed by atoms with Gasteiger partial charge in [0.05, 0.1) is 11.4 Å². The lowest BCUT2D eigenvalue weighted by atomic mass is 10.1. The predicted octanol–water partition coefficient (Wildman–Crippen LogP) is 1.33.